The van der Waals surface area contributed by atoms with Crippen molar-refractivity contribution < 1.29 is 32.2 Å². The van der Waals surface area contributed by atoms with Gasteiger partial charge in [0, 0.05) is 16.7 Å². The molecule has 0 saturated carbocycles. The molecule has 10 heteroatoms. The van der Waals surface area contributed by atoms with Crippen molar-refractivity contribution in [1.29, 1.82) is 0 Å². The first-order chi connectivity index (χ1) is 16.2. The van der Waals surface area contributed by atoms with Crippen molar-refractivity contribution in [3.8, 4) is 11.5 Å². The lowest BCUT2D eigenvalue weighted by molar-refractivity contribution is 0.0320. The van der Waals surface area contributed by atoms with Crippen LogP contribution in [0, 0.1) is 0 Å². The van der Waals surface area contributed by atoms with Gasteiger partial charge in [0.2, 0.25) is 5.78 Å². The number of hydrogen-bond donors (Lipinski definition) is 1. The highest BCUT2D eigenvalue weighted by Crippen LogP contribution is 2.33. The normalized spacial score (nSPS) is 13.6. The van der Waals surface area contributed by atoms with Gasteiger partial charge in [-0.1, -0.05) is 35.9 Å². The summed E-state index contributed by atoms with van der Waals surface area (Å²) < 4.78 is 44.6. The molecular weight excluding hydrogens is 482 g/mol. The molecule has 0 aliphatic carbocycles. The van der Waals surface area contributed by atoms with Crippen LogP contribution in [-0.2, 0) is 14.8 Å². The molecular formula is C24H20ClNO7S. The number of rotatable bonds is 7. The number of sulfonamides is 1. The van der Waals surface area contributed by atoms with E-state index in [0.717, 1.165) is 0 Å². The topological polar surface area (TPSA) is 108 Å². The molecule has 0 aromatic heterocycles. The minimum atomic E-state index is -4.07. The molecule has 1 atom stereocenters. The Labute approximate surface area is 201 Å². The van der Waals surface area contributed by atoms with Crippen molar-refractivity contribution in [2.24, 2.45) is 0 Å². The van der Waals surface area contributed by atoms with Crippen LogP contribution < -0.4 is 14.2 Å². The number of fused-ring (bicyclic) bond motifs is 1. The Balaban J connectivity index is 1.53. The second-order valence-electron chi connectivity index (χ2n) is 7.38. The Morgan fingerprint density at radius 1 is 0.971 bits per heavy atom. The molecule has 34 heavy (non-hydrogen) atoms. The number of ketones is 1. The molecule has 0 amide bonds. The van der Waals surface area contributed by atoms with E-state index >= 15 is 0 Å². The zero-order chi connectivity index (χ0) is 24.3. The number of carbonyl (C=O) groups excluding carboxylic acids is 2. The number of nitrogens with one attached hydrogen (secondary N) is 1. The van der Waals surface area contributed by atoms with Gasteiger partial charge < -0.3 is 14.2 Å². The van der Waals surface area contributed by atoms with Gasteiger partial charge in [0.1, 0.15) is 13.2 Å². The molecule has 0 bridgehead atoms. The molecule has 0 radical (unpaired) electrons. The average molecular weight is 502 g/mol. The first-order valence-electron chi connectivity index (χ1n) is 10.3. The molecule has 0 unspecified atom stereocenters. The van der Waals surface area contributed by atoms with Crippen molar-refractivity contribution >= 4 is 39.1 Å². The summed E-state index contributed by atoms with van der Waals surface area (Å²) in [6, 6.07) is 16.5. The maximum Gasteiger partial charge on any atom is 0.340 e. The van der Waals surface area contributed by atoms with Crippen LogP contribution in [0.25, 0.3) is 0 Å². The van der Waals surface area contributed by atoms with E-state index in [1.165, 1.54) is 43.3 Å². The van der Waals surface area contributed by atoms with Crippen LogP contribution in [0.5, 0.6) is 11.5 Å². The van der Waals surface area contributed by atoms with Gasteiger partial charge in [0.25, 0.3) is 10.0 Å². The molecule has 0 spiro atoms. The van der Waals surface area contributed by atoms with E-state index in [2.05, 4.69) is 4.72 Å². The lowest BCUT2D eigenvalue weighted by Gasteiger charge is -2.19. The van der Waals surface area contributed by atoms with Crippen molar-refractivity contribution in [1.82, 2.24) is 0 Å². The maximum atomic E-state index is 13.0. The number of anilines is 1. The zero-order valence-corrected chi connectivity index (χ0v) is 19.6. The maximum absolute atomic E-state index is 13.0. The lowest BCUT2D eigenvalue weighted by Crippen LogP contribution is -2.25. The third kappa shape index (κ3) is 5.16. The number of hydrogen-bond acceptors (Lipinski definition) is 7. The van der Waals surface area contributed by atoms with Crippen molar-refractivity contribution in [2.75, 3.05) is 17.9 Å². The highest BCUT2D eigenvalue weighted by Gasteiger charge is 2.25. The van der Waals surface area contributed by atoms with Crippen LogP contribution >= 0.6 is 11.6 Å². The van der Waals surface area contributed by atoms with Crippen LogP contribution in [0.15, 0.2) is 71.6 Å². The first kappa shape index (κ1) is 23.6. The van der Waals surface area contributed by atoms with Crippen LogP contribution in [0.1, 0.15) is 27.6 Å². The van der Waals surface area contributed by atoms with E-state index < -0.39 is 27.9 Å². The van der Waals surface area contributed by atoms with Gasteiger partial charge in [-0.25, -0.2) is 13.2 Å². The predicted octanol–water partition coefficient (Wildman–Crippen LogP) is 4.34. The van der Waals surface area contributed by atoms with E-state index in [1.807, 2.05) is 0 Å². The SMILES string of the molecule is C[C@@H](OC(=O)c1ccccc1NS(=O)(=O)c1ccc2c(c1)OCCO2)C(=O)c1cccc(Cl)c1. The van der Waals surface area contributed by atoms with Crippen molar-refractivity contribution in [3.63, 3.8) is 0 Å². The molecule has 1 aliphatic rings. The van der Waals surface area contributed by atoms with Gasteiger partial charge in [0.05, 0.1) is 16.1 Å². The second-order valence-corrected chi connectivity index (χ2v) is 9.50. The van der Waals surface area contributed by atoms with E-state index in [-0.39, 0.29) is 16.1 Å². The summed E-state index contributed by atoms with van der Waals surface area (Å²) in [7, 11) is -4.07. The monoisotopic (exact) mass is 501 g/mol. The first-order valence-corrected chi connectivity index (χ1v) is 12.1. The van der Waals surface area contributed by atoms with Gasteiger partial charge in [-0.2, -0.15) is 0 Å². The molecule has 3 aromatic rings. The Morgan fingerprint density at radius 3 is 2.47 bits per heavy atom. The Kier molecular flexibility index (Phi) is 6.76. The molecule has 1 N–H and O–H groups in total. The fourth-order valence-electron chi connectivity index (χ4n) is 3.30. The lowest BCUT2D eigenvalue weighted by atomic mass is 10.1. The molecule has 0 saturated heterocycles. The van der Waals surface area contributed by atoms with Crippen LogP contribution in [0.4, 0.5) is 5.69 Å². The van der Waals surface area contributed by atoms with E-state index in [4.69, 9.17) is 25.8 Å². The number of carbonyl (C=O) groups is 2. The fraction of sp³-hybridized carbons (Fsp3) is 0.167. The summed E-state index contributed by atoms with van der Waals surface area (Å²) in [5.74, 6) is -0.531. The molecule has 3 aromatic carbocycles. The van der Waals surface area contributed by atoms with Gasteiger partial charge in [-0.15, -0.1) is 0 Å². The van der Waals surface area contributed by atoms with Crippen LogP contribution in [0.2, 0.25) is 5.02 Å². The highest BCUT2D eigenvalue weighted by atomic mass is 35.5. The minimum Gasteiger partial charge on any atom is -0.486 e. The van der Waals surface area contributed by atoms with Gasteiger partial charge >= 0.3 is 5.97 Å². The summed E-state index contributed by atoms with van der Waals surface area (Å²) in [6.45, 7) is 2.12. The summed E-state index contributed by atoms with van der Waals surface area (Å²) >= 11 is 5.93. The molecule has 1 heterocycles. The van der Waals surface area contributed by atoms with Gasteiger partial charge in [-0.05, 0) is 43.3 Å². The summed E-state index contributed by atoms with van der Waals surface area (Å²) in [5.41, 5.74) is 0.250. The van der Waals surface area contributed by atoms with Crippen molar-refractivity contribution in [2.45, 2.75) is 17.9 Å². The Bertz CT molecular complexity index is 1360. The Hall–Kier alpha value is -3.56. The summed E-state index contributed by atoms with van der Waals surface area (Å²) in [5, 5.41) is 0.378. The second kappa shape index (κ2) is 9.74. The molecule has 8 nitrogen and oxygen atoms in total. The van der Waals surface area contributed by atoms with E-state index in [0.29, 0.717) is 35.3 Å². The smallest absolute Gasteiger partial charge is 0.340 e. The highest BCUT2D eigenvalue weighted by molar-refractivity contribution is 7.92. The third-order valence-corrected chi connectivity index (χ3v) is 6.58. The standard InChI is InChI=1S/C24H20ClNO7S/c1-15(23(27)16-5-4-6-17(25)13-16)33-24(28)19-7-2-3-8-20(19)26-34(29,30)18-9-10-21-22(14-18)32-12-11-31-21/h2-10,13-15,26H,11-12H2,1H3/t15-/m1/s1. The number of ether oxygens (including phenoxy) is 3. The summed E-state index contributed by atoms with van der Waals surface area (Å²) in [6.07, 6.45) is -1.12. The average Bonchev–Trinajstić information content (AvgIpc) is 2.83. The molecule has 0 fully saturated rings. The third-order valence-electron chi connectivity index (χ3n) is 4.98. The van der Waals surface area contributed by atoms with Gasteiger partial charge in [-0.3, -0.25) is 9.52 Å². The number of para-hydroxylation sites is 1. The number of benzene rings is 3. The molecule has 1 aliphatic heterocycles. The summed E-state index contributed by atoms with van der Waals surface area (Å²) in [4.78, 5) is 25.4. The largest absolute Gasteiger partial charge is 0.486 e. The quantitative estimate of drug-likeness (QED) is 0.379. The zero-order valence-electron chi connectivity index (χ0n) is 18.0. The molecule has 176 valence electrons. The van der Waals surface area contributed by atoms with Crippen molar-refractivity contribution in [3.05, 3.63) is 82.9 Å². The number of Topliss-reactive ketones (excluding diaryl/α,β-unsaturated/α-hetero) is 1. The van der Waals surface area contributed by atoms with Gasteiger partial charge in [0.15, 0.2) is 17.6 Å². The fourth-order valence-corrected chi connectivity index (χ4v) is 4.58. The predicted molar refractivity (Wildman–Crippen MR) is 125 cm³/mol. The molecule has 4 rings (SSSR count). The van der Waals surface area contributed by atoms with E-state index in [1.54, 1.807) is 30.3 Å². The van der Waals surface area contributed by atoms with E-state index in [9.17, 15) is 18.0 Å². The number of esters is 1. The number of halogens is 1. The van der Waals surface area contributed by atoms with Crippen LogP contribution in [0.3, 0.4) is 0 Å². The Morgan fingerprint density at radius 2 is 1.71 bits per heavy atom. The van der Waals surface area contributed by atoms with Crippen LogP contribution in [-0.4, -0.2) is 39.5 Å². The minimum absolute atomic E-state index is 0.00444.